The third-order valence-corrected chi connectivity index (χ3v) is 10.1. The molecule has 2 rings (SSSR count). The molecule has 2 aromatic rings. The molecule has 0 aliphatic rings. The average molecular weight is 349 g/mol. The van der Waals surface area contributed by atoms with E-state index in [1.165, 1.54) is 0 Å². The van der Waals surface area contributed by atoms with Gasteiger partial charge in [-0.3, -0.25) is 9.97 Å². The second-order valence-electron chi connectivity index (χ2n) is 6.84. The van der Waals surface area contributed by atoms with Gasteiger partial charge in [-0.25, -0.2) is 9.97 Å². The monoisotopic (exact) mass is 348 g/mol. The van der Waals surface area contributed by atoms with Crippen LogP contribution in [0.1, 0.15) is 11.4 Å². The van der Waals surface area contributed by atoms with Crippen LogP contribution in [0.4, 0.5) is 11.6 Å². The van der Waals surface area contributed by atoms with Crippen molar-refractivity contribution in [2.75, 3.05) is 11.5 Å². The molecule has 0 aliphatic carbocycles. The molecule has 4 N–H and O–H groups in total. The molecule has 0 aliphatic heterocycles. The number of nitrogens with zero attached hydrogens (tertiary/aromatic N) is 4. The van der Waals surface area contributed by atoms with Gasteiger partial charge in [-0.05, 0) is 26.2 Å². The first-order valence-corrected chi connectivity index (χ1v) is 13.7. The van der Waals surface area contributed by atoms with Gasteiger partial charge in [-0.15, -0.1) is 0 Å². The number of hydrogen-bond acceptors (Lipinski definition) is 7. The normalized spacial score (nSPS) is 12.3. The van der Waals surface area contributed by atoms with Gasteiger partial charge in [0.1, 0.15) is 11.6 Å². The Hall–Kier alpha value is -1.85. The zero-order valence-electron chi connectivity index (χ0n) is 14.1. The Morgan fingerprint density at radius 2 is 1.13 bits per heavy atom. The lowest BCUT2D eigenvalue weighted by Crippen LogP contribution is -2.48. The lowest BCUT2D eigenvalue weighted by molar-refractivity contribution is 0.535. The Morgan fingerprint density at radius 3 is 1.43 bits per heavy atom. The quantitative estimate of drug-likeness (QED) is 0.764. The highest BCUT2D eigenvalue weighted by atomic mass is 28.4. The summed E-state index contributed by atoms with van der Waals surface area (Å²) in [7, 11) is -3.83. The number of hydrogen-bond donors (Lipinski definition) is 2. The minimum absolute atomic E-state index is 0.436. The molecule has 0 bridgehead atoms. The van der Waals surface area contributed by atoms with Crippen molar-refractivity contribution in [1.82, 2.24) is 19.9 Å². The summed E-state index contributed by atoms with van der Waals surface area (Å²) in [6.07, 6.45) is 6.64. The van der Waals surface area contributed by atoms with Gasteiger partial charge >= 0.3 is 0 Å². The fourth-order valence-corrected chi connectivity index (χ4v) is 11.3. The Labute approximate surface area is 138 Å². The smallest absolute Gasteiger partial charge is 0.179 e. The predicted octanol–water partition coefficient (Wildman–Crippen LogP) is 1.72. The second-order valence-corrected chi connectivity index (χ2v) is 15.4. The summed E-state index contributed by atoms with van der Waals surface area (Å²) in [6.45, 7) is 8.81. The van der Waals surface area contributed by atoms with Crippen LogP contribution in [0.5, 0.6) is 0 Å². The highest BCUT2D eigenvalue weighted by molar-refractivity contribution is 6.84. The van der Waals surface area contributed by atoms with Crippen molar-refractivity contribution in [3.63, 3.8) is 0 Å². The Balaban J connectivity index is 2.02. The van der Waals surface area contributed by atoms with Crippen molar-refractivity contribution < 1.29 is 4.12 Å². The van der Waals surface area contributed by atoms with E-state index in [-0.39, 0.29) is 0 Å². The summed E-state index contributed by atoms with van der Waals surface area (Å²) in [5.74, 6) is 0.872. The topological polar surface area (TPSA) is 113 Å². The van der Waals surface area contributed by atoms with E-state index in [1.54, 1.807) is 24.8 Å². The van der Waals surface area contributed by atoms with Crippen LogP contribution in [0.15, 0.2) is 24.8 Å². The summed E-state index contributed by atoms with van der Waals surface area (Å²) in [6, 6.07) is 1.62. The van der Waals surface area contributed by atoms with Crippen LogP contribution in [-0.2, 0) is 16.2 Å². The maximum Gasteiger partial charge on any atom is 0.179 e. The summed E-state index contributed by atoms with van der Waals surface area (Å²) >= 11 is 0. The van der Waals surface area contributed by atoms with Gasteiger partial charge in [0, 0.05) is 12.1 Å². The van der Waals surface area contributed by atoms with Crippen LogP contribution in [0.25, 0.3) is 0 Å². The number of aromatic nitrogens is 4. The lowest BCUT2D eigenvalue weighted by atomic mass is 10.5. The third kappa shape index (κ3) is 5.69. The zero-order chi connectivity index (χ0) is 17.1. The molecule has 0 radical (unpaired) electrons. The van der Waals surface area contributed by atoms with Crippen LogP contribution in [0, 0.1) is 0 Å². The molecule has 2 heterocycles. The second kappa shape index (κ2) is 6.73. The van der Waals surface area contributed by atoms with Crippen LogP contribution in [0.2, 0.25) is 26.2 Å². The van der Waals surface area contributed by atoms with E-state index in [0.29, 0.717) is 11.6 Å². The van der Waals surface area contributed by atoms with E-state index in [4.69, 9.17) is 15.6 Å². The lowest BCUT2D eigenvalue weighted by Gasteiger charge is -2.33. The summed E-state index contributed by atoms with van der Waals surface area (Å²) < 4.78 is 6.57. The number of nitrogens with two attached hydrogens (primary N) is 2. The van der Waals surface area contributed by atoms with Gasteiger partial charge < -0.3 is 15.6 Å². The maximum atomic E-state index is 6.57. The third-order valence-electron chi connectivity index (χ3n) is 3.22. The van der Waals surface area contributed by atoms with Crippen LogP contribution in [-0.4, -0.2) is 36.6 Å². The van der Waals surface area contributed by atoms with Gasteiger partial charge in [0.2, 0.25) is 0 Å². The van der Waals surface area contributed by atoms with Gasteiger partial charge in [0.05, 0.1) is 36.2 Å². The molecule has 0 saturated carbocycles. The number of anilines is 2. The fraction of sp³-hybridized carbons (Fsp3) is 0.429. The SMILES string of the molecule is C[Si](C)(Cc1cnc(N)cn1)O[Si](C)(C)Cc1cnc(N)cn1. The minimum Gasteiger partial charge on any atom is -0.455 e. The van der Waals surface area contributed by atoms with Crippen molar-refractivity contribution in [2.24, 2.45) is 0 Å². The predicted molar refractivity (Wildman–Crippen MR) is 96.3 cm³/mol. The van der Waals surface area contributed by atoms with E-state index in [0.717, 1.165) is 23.5 Å². The minimum atomic E-state index is -1.92. The molecular weight excluding hydrogens is 324 g/mol. The Morgan fingerprint density at radius 1 is 0.739 bits per heavy atom. The fourth-order valence-electron chi connectivity index (χ4n) is 2.60. The van der Waals surface area contributed by atoms with Crippen molar-refractivity contribution in [2.45, 2.75) is 38.3 Å². The maximum absolute atomic E-state index is 6.57. The summed E-state index contributed by atoms with van der Waals surface area (Å²) in [5.41, 5.74) is 13.0. The Bertz CT molecular complexity index is 588. The first-order chi connectivity index (χ1) is 10.7. The van der Waals surface area contributed by atoms with E-state index in [2.05, 4.69) is 46.1 Å². The standard InChI is InChI=1S/C14H24N6OSi2/c1-22(2,9-11-5-19-13(15)7-17-11)21-23(3,4)10-12-6-20-14(16)8-18-12/h5-8H,9-10H2,1-4H3,(H2,15,19)(H2,16,20). The Kier molecular flexibility index (Phi) is 5.12. The number of nitrogen functional groups attached to an aromatic ring is 2. The first-order valence-electron chi connectivity index (χ1n) is 7.48. The average Bonchev–Trinajstić information content (AvgIpc) is 2.42. The van der Waals surface area contributed by atoms with Crippen molar-refractivity contribution in [3.8, 4) is 0 Å². The molecule has 0 spiro atoms. The molecular formula is C14H24N6OSi2. The molecule has 7 nitrogen and oxygen atoms in total. The molecule has 9 heteroatoms. The van der Waals surface area contributed by atoms with Crippen LogP contribution in [0.3, 0.4) is 0 Å². The van der Waals surface area contributed by atoms with Crippen LogP contribution >= 0.6 is 0 Å². The summed E-state index contributed by atoms with van der Waals surface area (Å²) in [4.78, 5) is 16.9. The molecule has 0 amide bonds. The van der Waals surface area contributed by atoms with E-state index in [1.807, 2.05) is 0 Å². The molecule has 0 aromatic carbocycles. The summed E-state index contributed by atoms with van der Waals surface area (Å²) in [5, 5.41) is 0. The first kappa shape index (κ1) is 17.5. The highest BCUT2D eigenvalue weighted by Gasteiger charge is 2.34. The van der Waals surface area contributed by atoms with E-state index in [9.17, 15) is 0 Å². The van der Waals surface area contributed by atoms with Crippen molar-refractivity contribution >= 4 is 28.3 Å². The molecule has 0 saturated heterocycles. The van der Waals surface area contributed by atoms with Crippen molar-refractivity contribution in [3.05, 3.63) is 36.2 Å². The zero-order valence-corrected chi connectivity index (χ0v) is 16.1. The molecule has 23 heavy (non-hydrogen) atoms. The largest absolute Gasteiger partial charge is 0.455 e. The molecule has 0 atom stereocenters. The van der Waals surface area contributed by atoms with Gasteiger partial charge in [-0.2, -0.15) is 0 Å². The number of rotatable bonds is 6. The molecule has 0 unspecified atom stereocenters. The van der Waals surface area contributed by atoms with Crippen LogP contribution < -0.4 is 11.5 Å². The van der Waals surface area contributed by atoms with Gasteiger partial charge in [0.15, 0.2) is 16.6 Å². The highest BCUT2D eigenvalue weighted by Crippen LogP contribution is 2.21. The molecule has 124 valence electrons. The van der Waals surface area contributed by atoms with E-state index < -0.39 is 16.6 Å². The van der Waals surface area contributed by atoms with Gasteiger partial charge in [-0.1, -0.05) is 0 Å². The molecule has 0 fully saturated rings. The van der Waals surface area contributed by atoms with E-state index >= 15 is 0 Å². The van der Waals surface area contributed by atoms with Gasteiger partial charge in [0.25, 0.3) is 0 Å². The molecule has 2 aromatic heterocycles. The van der Waals surface area contributed by atoms with Crippen molar-refractivity contribution in [1.29, 1.82) is 0 Å².